The van der Waals surface area contributed by atoms with E-state index >= 15 is 0 Å². The highest BCUT2D eigenvalue weighted by atomic mass is 16.5. The molecule has 34 heavy (non-hydrogen) atoms. The number of nitrogens with one attached hydrogen (secondary N) is 1. The minimum absolute atomic E-state index is 0.000111. The van der Waals surface area contributed by atoms with Gasteiger partial charge in [0.25, 0.3) is 0 Å². The number of carbonyl (C=O) groups excluding carboxylic acids is 2. The van der Waals surface area contributed by atoms with E-state index in [0.29, 0.717) is 19.4 Å². The minimum Gasteiger partial charge on any atom is -0.481 e. The first-order valence-corrected chi connectivity index (χ1v) is 12.1. The second-order valence-electron chi connectivity index (χ2n) is 9.60. The average Bonchev–Trinajstić information content (AvgIpc) is 3.55. The number of likely N-dealkylation sites (tertiary alicyclic amines) is 1. The maximum Gasteiger partial charge on any atom is 0.407 e. The number of carboxylic acid groups (broad SMARTS) is 1. The average molecular weight is 463 g/mol. The van der Waals surface area contributed by atoms with Crippen LogP contribution in [0, 0.1) is 5.92 Å². The Morgan fingerprint density at radius 1 is 0.971 bits per heavy atom. The first kappa shape index (κ1) is 22.4. The number of ether oxygens (including phenoxy) is 1. The fourth-order valence-electron chi connectivity index (χ4n) is 5.92. The molecule has 3 aliphatic rings. The molecule has 2 aromatic carbocycles. The van der Waals surface area contributed by atoms with E-state index < -0.39 is 12.1 Å². The maximum absolute atomic E-state index is 13.0. The van der Waals surface area contributed by atoms with Crippen LogP contribution in [0.5, 0.6) is 0 Å². The number of carbonyl (C=O) groups is 3. The Morgan fingerprint density at radius 2 is 1.65 bits per heavy atom. The van der Waals surface area contributed by atoms with Crippen LogP contribution in [0.25, 0.3) is 11.1 Å². The number of amides is 2. The van der Waals surface area contributed by atoms with Gasteiger partial charge in [-0.3, -0.25) is 9.59 Å². The predicted octanol–water partition coefficient (Wildman–Crippen LogP) is 4.16. The number of carboxylic acids is 1. The highest BCUT2D eigenvalue weighted by Crippen LogP contribution is 2.44. The van der Waals surface area contributed by atoms with Gasteiger partial charge in [-0.25, -0.2) is 4.79 Å². The van der Waals surface area contributed by atoms with Crippen LogP contribution in [-0.4, -0.2) is 53.2 Å². The van der Waals surface area contributed by atoms with Gasteiger partial charge in [0.1, 0.15) is 6.61 Å². The highest BCUT2D eigenvalue weighted by Gasteiger charge is 2.38. The third-order valence-corrected chi connectivity index (χ3v) is 7.52. The van der Waals surface area contributed by atoms with E-state index in [-0.39, 0.29) is 42.9 Å². The molecule has 1 saturated carbocycles. The zero-order valence-corrected chi connectivity index (χ0v) is 19.1. The molecule has 1 saturated heterocycles. The summed E-state index contributed by atoms with van der Waals surface area (Å²) in [7, 11) is 0. The topological polar surface area (TPSA) is 95.9 Å². The van der Waals surface area contributed by atoms with Crippen LogP contribution in [0.1, 0.15) is 55.6 Å². The second kappa shape index (κ2) is 9.49. The van der Waals surface area contributed by atoms with Gasteiger partial charge in [0, 0.05) is 30.5 Å². The highest BCUT2D eigenvalue weighted by molar-refractivity contribution is 5.81. The lowest BCUT2D eigenvalue weighted by Gasteiger charge is -2.26. The summed E-state index contributed by atoms with van der Waals surface area (Å²) in [5.74, 6) is -1.00. The van der Waals surface area contributed by atoms with Crippen LogP contribution < -0.4 is 5.32 Å². The summed E-state index contributed by atoms with van der Waals surface area (Å²) in [6.45, 7) is 0.886. The molecule has 7 nitrogen and oxygen atoms in total. The maximum atomic E-state index is 13.0. The molecule has 2 aliphatic carbocycles. The van der Waals surface area contributed by atoms with Crippen molar-refractivity contribution in [1.29, 1.82) is 0 Å². The predicted molar refractivity (Wildman–Crippen MR) is 126 cm³/mol. The normalized spacial score (nSPS) is 23.4. The number of alkyl carbamates (subject to hydrolysis) is 1. The molecule has 2 fully saturated rings. The van der Waals surface area contributed by atoms with Crippen LogP contribution in [-0.2, 0) is 14.3 Å². The van der Waals surface area contributed by atoms with Gasteiger partial charge in [-0.2, -0.15) is 0 Å². The largest absolute Gasteiger partial charge is 0.481 e. The molecule has 0 unspecified atom stereocenters. The number of benzene rings is 2. The third-order valence-electron chi connectivity index (χ3n) is 7.52. The number of hydrogen-bond donors (Lipinski definition) is 2. The van der Waals surface area contributed by atoms with Crippen molar-refractivity contribution in [2.45, 2.75) is 56.5 Å². The number of fused-ring (bicyclic) bond motifs is 3. The quantitative estimate of drug-likeness (QED) is 0.672. The van der Waals surface area contributed by atoms with E-state index in [1.165, 1.54) is 22.3 Å². The Bertz CT molecular complexity index is 1050. The van der Waals surface area contributed by atoms with E-state index in [1.807, 2.05) is 24.3 Å². The van der Waals surface area contributed by atoms with Crippen LogP contribution in [0.15, 0.2) is 48.5 Å². The molecule has 5 rings (SSSR count). The van der Waals surface area contributed by atoms with Crippen molar-refractivity contribution in [3.05, 3.63) is 59.7 Å². The molecular formula is C27H30N2O5. The van der Waals surface area contributed by atoms with Crippen molar-refractivity contribution < 1.29 is 24.2 Å². The zero-order chi connectivity index (χ0) is 23.7. The van der Waals surface area contributed by atoms with Crippen LogP contribution in [0.2, 0.25) is 0 Å². The molecular weight excluding hydrogens is 432 g/mol. The summed E-state index contributed by atoms with van der Waals surface area (Å²) in [6, 6.07) is 16.1. The summed E-state index contributed by atoms with van der Waals surface area (Å²) in [5.41, 5.74) is 4.72. The van der Waals surface area contributed by atoms with E-state index in [4.69, 9.17) is 9.84 Å². The van der Waals surface area contributed by atoms with Gasteiger partial charge < -0.3 is 20.1 Å². The number of aliphatic carboxylic acids is 1. The zero-order valence-electron chi connectivity index (χ0n) is 19.1. The molecule has 0 bridgehead atoms. The van der Waals surface area contributed by atoms with Crippen LogP contribution in [0.3, 0.4) is 0 Å². The summed E-state index contributed by atoms with van der Waals surface area (Å²) < 4.78 is 5.65. The SMILES string of the molecule is O=C(O)C[C@@H]1CCCN1C(=O)[C@@H]1CC[C@H](NC(=O)OCC2c3ccccc3-c3ccccc32)C1. The van der Waals surface area contributed by atoms with E-state index in [0.717, 1.165) is 19.3 Å². The van der Waals surface area contributed by atoms with Crippen LogP contribution >= 0.6 is 0 Å². The number of rotatable bonds is 6. The van der Waals surface area contributed by atoms with E-state index in [9.17, 15) is 14.4 Å². The molecule has 0 spiro atoms. The standard InChI is InChI=1S/C27H30N2O5/c30-25(31)15-19-6-5-13-29(19)26(32)17-11-12-18(14-17)28-27(33)34-16-24-22-9-3-1-7-20(22)21-8-2-4-10-23(21)24/h1-4,7-10,17-19,24H,5-6,11-16H2,(H,28,33)(H,30,31)/t17-,18+,19+/m1/s1. The molecule has 1 heterocycles. The Hall–Kier alpha value is -3.35. The van der Waals surface area contributed by atoms with Gasteiger partial charge in [0.2, 0.25) is 5.91 Å². The number of hydrogen-bond acceptors (Lipinski definition) is 4. The lowest BCUT2D eigenvalue weighted by Crippen LogP contribution is -2.41. The van der Waals surface area contributed by atoms with Gasteiger partial charge >= 0.3 is 12.1 Å². The van der Waals surface area contributed by atoms with Gasteiger partial charge in [0.15, 0.2) is 0 Å². The molecule has 0 aromatic heterocycles. The Kier molecular flexibility index (Phi) is 6.26. The summed E-state index contributed by atoms with van der Waals surface area (Å²) in [5, 5.41) is 12.1. The second-order valence-corrected chi connectivity index (χ2v) is 9.60. The van der Waals surface area contributed by atoms with Gasteiger partial charge in [-0.05, 0) is 54.4 Å². The van der Waals surface area contributed by atoms with Crippen molar-refractivity contribution in [2.75, 3.05) is 13.2 Å². The van der Waals surface area contributed by atoms with Crippen molar-refractivity contribution >= 4 is 18.0 Å². The summed E-state index contributed by atoms with van der Waals surface area (Å²) in [6.07, 6.45) is 3.12. The molecule has 2 aromatic rings. The van der Waals surface area contributed by atoms with Crippen molar-refractivity contribution in [1.82, 2.24) is 10.2 Å². The molecule has 3 atom stereocenters. The molecule has 2 amide bonds. The first-order chi connectivity index (χ1) is 16.5. The van der Waals surface area contributed by atoms with Crippen LogP contribution in [0.4, 0.5) is 4.79 Å². The molecule has 7 heteroatoms. The fourth-order valence-corrected chi connectivity index (χ4v) is 5.92. The monoisotopic (exact) mass is 462 g/mol. The molecule has 1 aliphatic heterocycles. The van der Waals surface area contributed by atoms with Gasteiger partial charge in [-0.1, -0.05) is 48.5 Å². The Balaban J connectivity index is 1.15. The Morgan fingerprint density at radius 3 is 2.32 bits per heavy atom. The summed E-state index contributed by atoms with van der Waals surface area (Å²) >= 11 is 0. The van der Waals surface area contributed by atoms with Crippen molar-refractivity contribution in [3.63, 3.8) is 0 Å². The molecule has 0 radical (unpaired) electrons. The fraction of sp³-hybridized carbons (Fsp3) is 0.444. The number of nitrogens with zero attached hydrogens (tertiary/aromatic N) is 1. The summed E-state index contributed by atoms with van der Waals surface area (Å²) in [4.78, 5) is 38.4. The third kappa shape index (κ3) is 4.39. The smallest absolute Gasteiger partial charge is 0.407 e. The minimum atomic E-state index is -0.870. The lowest BCUT2D eigenvalue weighted by molar-refractivity contribution is -0.141. The van der Waals surface area contributed by atoms with E-state index in [1.54, 1.807) is 4.90 Å². The first-order valence-electron chi connectivity index (χ1n) is 12.1. The molecule has 2 N–H and O–H groups in total. The Labute approximate surface area is 199 Å². The lowest BCUT2D eigenvalue weighted by atomic mass is 9.98. The van der Waals surface area contributed by atoms with Gasteiger partial charge in [0.05, 0.1) is 6.42 Å². The van der Waals surface area contributed by atoms with Crippen molar-refractivity contribution in [2.24, 2.45) is 5.92 Å². The van der Waals surface area contributed by atoms with Crippen molar-refractivity contribution in [3.8, 4) is 11.1 Å². The van der Waals surface area contributed by atoms with Gasteiger partial charge in [-0.15, -0.1) is 0 Å². The molecule has 178 valence electrons. The van der Waals surface area contributed by atoms with E-state index in [2.05, 4.69) is 29.6 Å².